The monoisotopic (exact) mass is 304 g/mol. The summed E-state index contributed by atoms with van der Waals surface area (Å²) in [6, 6.07) is 3.65. The molecular formula is C14H10Cl2N4. The number of aromatic nitrogens is 1. The van der Waals surface area contributed by atoms with Crippen LogP contribution in [0, 0.1) is 11.3 Å². The van der Waals surface area contributed by atoms with Crippen LogP contribution < -0.4 is 5.32 Å². The van der Waals surface area contributed by atoms with Crippen LogP contribution in [-0.4, -0.2) is 21.7 Å². The third kappa shape index (κ3) is 2.00. The lowest BCUT2D eigenvalue weighted by Crippen LogP contribution is -2.41. The van der Waals surface area contributed by atoms with Crippen molar-refractivity contribution in [3.8, 4) is 6.07 Å². The van der Waals surface area contributed by atoms with Crippen LogP contribution in [0.25, 0.3) is 0 Å². The molecule has 0 amide bonds. The second-order valence-electron chi connectivity index (χ2n) is 4.84. The second kappa shape index (κ2) is 4.62. The molecule has 100 valence electrons. The van der Waals surface area contributed by atoms with Gasteiger partial charge in [0.2, 0.25) is 0 Å². The second-order valence-corrected chi connectivity index (χ2v) is 5.60. The molecule has 20 heavy (non-hydrogen) atoms. The van der Waals surface area contributed by atoms with Crippen LogP contribution in [0.1, 0.15) is 12.5 Å². The van der Waals surface area contributed by atoms with Crippen molar-refractivity contribution in [1.82, 2.24) is 4.98 Å². The van der Waals surface area contributed by atoms with Crippen LogP contribution in [0.15, 0.2) is 41.1 Å². The fraction of sp³-hybridized carbons (Fsp3) is 0.214. The van der Waals surface area contributed by atoms with Crippen molar-refractivity contribution in [2.24, 2.45) is 4.99 Å². The van der Waals surface area contributed by atoms with Gasteiger partial charge in [-0.3, -0.25) is 4.99 Å². The van der Waals surface area contributed by atoms with E-state index in [2.05, 4.69) is 21.4 Å². The SMILES string of the molecule is CC12C=C(C#N)C=CC1Nc1nccc(Cl)c1C(Cl)=N2. The molecule has 1 aromatic heterocycles. The molecule has 0 aromatic carbocycles. The number of aliphatic imine (C=N–C) groups is 1. The molecule has 1 aliphatic carbocycles. The maximum absolute atomic E-state index is 9.04. The van der Waals surface area contributed by atoms with Crippen LogP contribution >= 0.6 is 23.2 Å². The molecule has 0 spiro atoms. The predicted octanol–water partition coefficient (Wildman–Crippen LogP) is 3.29. The molecule has 3 rings (SSSR count). The van der Waals surface area contributed by atoms with Crippen molar-refractivity contribution in [3.05, 3.63) is 46.7 Å². The zero-order chi connectivity index (χ0) is 14.3. The van der Waals surface area contributed by atoms with E-state index in [-0.39, 0.29) is 6.04 Å². The fourth-order valence-corrected chi connectivity index (χ4v) is 3.03. The van der Waals surface area contributed by atoms with Crippen molar-refractivity contribution < 1.29 is 0 Å². The third-order valence-electron chi connectivity index (χ3n) is 3.41. The van der Waals surface area contributed by atoms with Crippen molar-refractivity contribution in [2.75, 3.05) is 5.32 Å². The molecule has 2 atom stereocenters. The number of hydrogen-bond donors (Lipinski definition) is 1. The van der Waals surface area contributed by atoms with E-state index in [1.807, 2.05) is 13.0 Å². The van der Waals surface area contributed by atoms with Crippen LogP contribution in [0.4, 0.5) is 5.82 Å². The maximum Gasteiger partial charge on any atom is 0.138 e. The molecule has 0 saturated heterocycles. The summed E-state index contributed by atoms with van der Waals surface area (Å²) in [5.41, 5.74) is 0.497. The van der Waals surface area contributed by atoms with Crippen molar-refractivity contribution >= 4 is 34.2 Å². The van der Waals surface area contributed by atoms with E-state index < -0.39 is 5.54 Å². The summed E-state index contributed by atoms with van der Waals surface area (Å²) in [7, 11) is 0. The van der Waals surface area contributed by atoms with Gasteiger partial charge in [-0.25, -0.2) is 4.98 Å². The molecule has 4 nitrogen and oxygen atoms in total. The lowest BCUT2D eigenvalue weighted by molar-refractivity contribution is 0.544. The zero-order valence-electron chi connectivity index (χ0n) is 10.6. The first-order chi connectivity index (χ1) is 9.53. The topological polar surface area (TPSA) is 61.1 Å². The smallest absolute Gasteiger partial charge is 0.138 e. The normalized spacial score (nSPS) is 27.2. The first-order valence-corrected chi connectivity index (χ1v) is 6.77. The maximum atomic E-state index is 9.04. The van der Waals surface area contributed by atoms with E-state index in [1.165, 1.54) is 0 Å². The van der Waals surface area contributed by atoms with Gasteiger partial charge in [-0.05, 0) is 25.1 Å². The summed E-state index contributed by atoms with van der Waals surface area (Å²) in [5, 5.41) is 13.1. The van der Waals surface area contributed by atoms with Gasteiger partial charge >= 0.3 is 0 Å². The Morgan fingerprint density at radius 3 is 3.00 bits per heavy atom. The summed E-state index contributed by atoms with van der Waals surface area (Å²) in [4.78, 5) is 8.82. The van der Waals surface area contributed by atoms with Crippen molar-refractivity contribution in [2.45, 2.75) is 18.5 Å². The van der Waals surface area contributed by atoms with E-state index >= 15 is 0 Å². The predicted molar refractivity (Wildman–Crippen MR) is 80.3 cm³/mol. The Hall–Kier alpha value is -1.83. The highest BCUT2D eigenvalue weighted by atomic mass is 35.5. The van der Waals surface area contributed by atoms with E-state index in [4.69, 9.17) is 28.5 Å². The number of rotatable bonds is 0. The molecule has 0 fully saturated rings. The number of fused-ring (bicyclic) bond motifs is 2. The van der Waals surface area contributed by atoms with Gasteiger partial charge in [0.1, 0.15) is 16.5 Å². The van der Waals surface area contributed by atoms with Crippen LogP contribution in [-0.2, 0) is 0 Å². The average Bonchev–Trinajstić information content (AvgIpc) is 2.51. The number of halogens is 2. The first kappa shape index (κ1) is 13.2. The standard InChI is InChI=1S/C14H10Cl2N4/c1-14-6-8(7-17)2-3-10(14)19-13-11(12(16)20-14)9(15)4-5-18-13/h2-6,10H,1H3,(H,18,19). The zero-order valence-corrected chi connectivity index (χ0v) is 12.1. The lowest BCUT2D eigenvalue weighted by atomic mass is 9.86. The summed E-state index contributed by atoms with van der Waals surface area (Å²) in [6.07, 6.45) is 7.07. The van der Waals surface area contributed by atoms with Gasteiger partial charge in [0.05, 0.1) is 28.3 Å². The number of pyridine rings is 1. The molecule has 0 radical (unpaired) electrons. The summed E-state index contributed by atoms with van der Waals surface area (Å²) in [5.74, 6) is 0.596. The Bertz CT molecular complexity index is 714. The van der Waals surface area contributed by atoms with E-state index in [1.54, 1.807) is 24.4 Å². The van der Waals surface area contributed by atoms with Gasteiger partial charge in [-0.1, -0.05) is 29.3 Å². The minimum Gasteiger partial charge on any atom is -0.360 e. The van der Waals surface area contributed by atoms with Crippen LogP contribution in [0.3, 0.4) is 0 Å². The molecule has 0 saturated carbocycles. The number of nitrogens with zero attached hydrogens (tertiary/aromatic N) is 3. The minimum atomic E-state index is -0.652. The largest absolute Gasteiger partial charge is 0.360 e. The molecule has 0 bridgehead atoms. The summed E-state index contributed by atoms with van der Waals surface area (Å²) >= 11 is 12.5. The quantitative estimate of drug-likeness (QED) is 0.800. The van der Waals surface area contributed by atoms with Gasteiger partial charge in [-0.15, -0.1) is 0 Å². The van der Waals surface area contributed by atoms with Gasteiger partial charge in [0, 0.05) is 6.20 Å². The van der Waals surface area contributed by atoms with Gasteiger partial charge in [-0.2, -0.15) is 5.26 Å². The van der Waals surface area contributed by atoms with E-state index in [0.29, 0.717) is 27.1 Å². The highest BCUT2D eigenvalue weighted by Gasteiger charge is 2.37. The molecule has 2 heterocycles. The molecule has 2 aliphatic rings. The number of nitriles is 1. The highest BCUT2D eigenvalue weighted by molar-refractivity contribution is 6.71. The number of anilines is 1. The van der Waals surface area contributed by atoms with Gasteiger partial charge < -0.3 is 5.32 Å². The van der Waals surface area contributed by atoms with Crippen LogP contribution in [0.5, 0.6) is 0 Å². The van der Waals surface area contributed by atoms with E-state index in [9.17, 15) is 0 Å². The Morgan fingerprint density at radius 2 is 2.25 bits per heavy atom. The lowest BCUT2D eigenvalue weighted by Gasteiger charge is -2.31. The molecule has 1 aliphatic heterocycles. The van der Waals surface area contributed by atoms with Crippen molar-refractivity contribution in [3.63, 3.8) is 0 Å². The first-order valence-electron chi connectivity index (χ1n) is 6.01. The summed E-state index contributed by atoms with van der Waals surface area (Å²) in [6.45, 7) is 1.91. The Balaban J connectivity index is 2.19. The molecular weight excluding hydrogens is 295 g/mol. The van der Waals surface area contributed by atoms with Crippen LogP contribution in [0.2, 0.25) is 5.02 Å². The van der Waals surface area contributed by atoms with Gasteiger partial charge in [0.25, 0.3) is 0 Å². The molecule has 2 unspecified atom stereocenters. The summed E-state index contributed by atoms with van der Waals surface area (Å²) < 4.78 is 0. The molecule has 1 N–H and O–H groups in total. The number of hydrogen-bond acceptors (Lipinski definition) is 4. The number of nitrogens with one attached hydrogen (secondary N) is 1. The van der Waals surface area contributed by atoms with E-state index in [0.717, 1.165) is 0 Å². The highest BCUT2D eigenvalue weighted by Crippen LogP contribution is 2.35. The van der Waals surface area contributed by atoms with Crippen molar-refractivity contribution in [1.29, 1.82) is 5.26 Å². The molecule has 1 aromatic rings. The molecule has 6 heteroatoms. The fourth-order valence-electron chi connectivity index (χ4n) is 2.37. The Morgan fingerprint density at radius 1 is 1.45 bits per heavy atom. The average molecular weight is 305 g/mol. The minimum absolute atomic E-state index is 0.138. The van der Waals surface area contributed by atoms with Gasteiger partial charge in [0.15, 0.2) is 0 Å². The Labute approximate surface area is 126 Å². The third-order valence-corrected chi connectivity index (χ3v) is 4.00. The Kier molecular flexibility index (Phi) is 3.04. The number of allylic oxidation sites excluding steroid dienone is 2.